The molecule has 0 N–H and O–H groups in total. The van der Waals surface area contributed by atoms with Crippen LogP contribution in [-0.2, 0) is 0 Å². The monoisotopic (exact) mass is 738 g/mol. The molecule has 0 aliphatic heterocycles. The van der Waals surface area contributed by atoms with Gasteiger partial charge in [-0.2, -0.15) is 0 Å². The molecule has 0 saturated heterocycles. The van der Waals surface area contributed by atoms with E-state index in [1.54, 1.807) is 0 Å². The maximum Gasteiger partial charge on any atom is 0.235 e. The highest BCUT2D eigenvalue weighted by atomic mass is 15.2. The summed E-state index contributed by atoms with van der Waals surface area (Å²) >= 11 is 0. The average molecular weight is 739 g/mol. The number of para-hydroxylation sites is 3. The molecule has 0 aliphatic rings. The topological polar surface area (TPSA) is 35.6 Å². The summed E-state index contributed by atoms with van der Waals surface area (Å²) in [6, 6.07) is 73.9. The Bertz CT molecular complexity index is 3560. The van der Waals surface area contributed by atoms with Crippen LogP contribution in [-0.4, -0.2) is 19.1 Å². The maximum absolute atomic E-state index is 5.49. The lowest BCUT2D eigenvalue weighted by Crippen LogP contribution is -2.03. The number of aromatic nitrogens is 4. The van der Waals surface area contributed by atoms with Crippen LogP contribution in [0.2, 0.25) is 0 Å². The molecule has 0 unspecified atom stereocenters. The van der Waals surface area contributed by atoms with Gasteiger partial charge in [-0.1, -0.05) is 146 Å². The third kappa shape index (κ3) is 5.09. The van der Waals surface area contributed by atoms with E-state index in [2.05, 4.69) is 215 Å². The molecule has 0 radical (unpaired) electrons. The maximum atomic E-state index is 5.49. The summed E-state index contributed by atoms with van der Waals surface area (Å²) < 4.78 is 4.64. The van der Waals surface area contributed by atoms with Gasteiger partial charge in [-0.3, -0.25) is 4.57 Å². The minimum absolute atomic E-state index is 0.646. The molecule has 9 aromatic carbocycles. The summed E-state index contributed by atoms with van der Waals surface area (Å²) in [6.07, 6.45) is 0. The first-order chi connectivity index (χ1) is 28.7. The SMILES string of the molecule is c1ccc(-c2cccc(-c3nc(-n4c5cc(-c6ccc7c(c6)c6ccccc6n7-c6ccccc6)ccc5c5cc6ccccc6cc54)nc4ccccc34)c2)cc1. The first-order valence-electron chi connectivity index (χ1n) is 19.7. The van der Waals surface area contributed by atoms with Crippen molar-refractivity contribution in [3.8, 4) is 45.1 Å². The van der Waals surface area contributed by atoms with Gasteiger partial charge >= 0.3 is 0 Å². The van der Waals surface area contributed by atoms with Crippen molar-refractivity contribution in [1.29, 1.82) is 0 Å². The van der Waals surface area contributed by atoms with Gasteiger partial charge in [0.2, 0.25) is 5.95 Å². The molecule has 58 heavy (non-hydrogen) atoms. The van der Waals surface area contributed by atoms with Gasteiger partial charge in [-0.15, -0.1) is 0 Å². The summed E-state index contributed by atoms with van der Waals surface area (Å²) in [7, 11) is 0. The molecule has 0 aliphatic carbocycles. The Kier molecular flexibility index (Phi) is 7.20. The van der Waals surface area contributed by atoms with Crippen molar-refractivity contribution >= 4 is 65.3 Å². The number of fused-ring (bicyclic) bond motifs is 8. The molecule has 12 rings (SSSR count). The van der Waals surface area contributed by atoms with Crippen LogP contribution in [0.3, 0.4) is 0 Å². The van der Waals surface area contributed by atoms with Crippen molar-refractivity contribution in [2.45, 2.75) is 0 Å². The fourth-order valence-corrected chi connectivity index (χ4v) is 8.97. The van der Waals surface area contributed by atoms with E-state index in [-0.39, 0.29) is 0 Å². The van der Waals surface area contributed by atoms with Crippen molar-refractivity contribution in [2.75, 3.05) is 0 Å². The third-order valence-electron chi connectivity index (χ3n) is 11.7. The molecule has 0 saturated carbocycles. The molecule has 270 valence electrons. The van der Waals surface area contributed by atoms with Crippen LogP contribution in [0.15, 0.2) is 206 Å². The summed E-state index contributed by atoms with van der Waals surface area (Å²) in [5, 5.41) is 8.20. The normalized spacial score (nSPS) is 11.8. The molecule has 3 aromatic heterocycles. The second kappa shape index (κ2) is 12.9. The van der Waals surface area contributed by atoms with Gasteiger partial charge < -0.3 is 4.57 Å². The van der Waals surface area contributed by atoms with Crippen molar-refractivity contribution in [2.24, 2.45) is 0 Å². The minimum Gasteiger partial charge on any atom is -0.309 e. The second-order valence-electron chi connectivity index (χ2n) is 15.0. The fourth-order valence-electron chi connectivity index (χ4n) is 8.97. The molecule has 4 nitrogen and oxygen atoms in total. The second-order valence-corrected chi connectivity index (χ2v) is 15.0. The van der Waals surface area contributed by atoms with Gasteiger partial charge in [0, 0.05) is 38.2 Å². The number of hydrogen-bond donors (Lipinski definition) is 0. The Morgan fingerprint density at radius 1 is 0.293 bits per heavy atom. The summed E-state index contributed by atoms with van der Waals surface area (Å²) in [6.45, 7) is 0. The highest BCUT2D eigenvalue weighted by Crippen LogP contribution is 2.40. The molecular formula is C54H34N4. The van der Waals surface area contributed by atoms with E-state index in [9.17, 15) is 0 Å². The molecule has 0 bridgehead atoms. The number of rotatable bonds is 5. The van der Waals surface area contributed by atoms with Crippen LogP contribution in [0, 0.1) is 0 Å². The van der Waals surface area contributed by atoms with E-state index in [1.165, 1.54) is 43.5 Å². The van der Waals surface area contributed by atoms with Gasteiger partial charge in [0.1, 0.15) is 0 Å². The van der Waals surface area contributed by atoms with E-state index < -0.39 is 0 Å². The van der Waals surface area contributed by atoms with Gasteiger partial charge in [0.05, 0.1) is 33.3 Å². The molecule has 12 aromatic rings. The Hall–Kier alpha value is -7.82. The standard InChI is InChI=1S/C54H34N4/c1-3-14-35(15-4-1)36-18-13-19-41(30-36)53-45-23-9-11-24-48(45)55-54(56-53)58-51-34-40(26-28-44(51)47-31-37-16-7-8-17-38(37)33-52(47)58)39-27-29-50-46(32-39)43-22-10-12-25-49(43)57(50)42-20-5-2-6-21-42/h1-34H. The predicted molar refractivity (Wildman–Crippen MR) is 242 cm³/mol. The van der Waals surface area contributed by atoms with Crippen LogP contribution in [0.4, 0.5) is 0 Å². The molecule has 3 heterocycles. The lowest BCUT2D eigenvalue weighted by Gasteiger charge is -2.13. The predicted octanol–water partition coefficient (Wildman–Crippen LogP) is 14.0. The summed E-state index contributed by atoms with van der Waals surface area (Å²) in [5.74, 6) is 0.646. The largest absolute Gasteiger partial charge is 0.309 e. The van der Waals surface area contributed by atoms with E-state index in [0.29, 0.717) is 5.95 Å². The van der Waals surface area contributed by atoms with E-state index in [1.807, 2.05) is 0 Å². The molecule has 0 amide bonds. The minimum atomic E-state index is 0.646. The number of hydrogen-bond acceptors (Lipinski definition) is 2. The summed E-state index contributed by atoms with van der Waals surface area (Å²) in [5.41, 5.74) is 13.2. The van der Waals surface area contributed by atoms with Crippen molar-refractivity contribution < 1.29 is 0 Å². The fraction of sp³-hybridized carbons (Fsp3) is 0. The smallest absolute Gasteiger partial charge is 0.235 e. The van der Waals surface area contributed by atoms with Gasteiger partial charge in [0.15, 0.2) is 0 Å². The average Bonchev–Trinajstić information content (AvgIpc) is 3.80. The Balaban J connectivity index is 1.10. The quantitative estimate of drug-likeness (QED) is 0.176. The van der Waals surface area contributed by atoms with Gasteiger partial charge in [0.25, 0.3) is 0 Å². The lowest BCUT2D eigenvalue weighted by atomic mass is 10.00. The van der Waals surface area contributed by atoms with E-state index in [4.69, 9.17) is 9.97 Å². The van der Waals surface area contributed by atoms with Crippen molar-refractivity contribution in [3.63, 3.8) is 0 Å². The Morgan fingerprint density at radius 3 is 1.74 bits per heavy atom. The molecule has 0 fully saturated rings. The van der Waals surface area contributed by atoms with Crippen molar-refractivity contribution in [1.82, 2.24) is 19.1 Å². The van der Waals surface area contributed by atoms with Crippen LogP contribution < -0.4 is 0 Å². The molecule has 0 spiro atoms. The van der Waals surface area contributed by atoms with Crippen LogP contribution in [0.5, 0.6) is 0 Å². The highest BCUT2D eigenvalue weighted by molar-refractivity contribution is 6.15. The van der Waals surface area contributed by atoms with Crippen molar-refractivity contribution in [3.05, 3.63) is 206 Å². The van der Waals surface area contributed by atoms with Gasteiger partial charge in [-0.25, -0.2) is 9.97 Å². The zero-order valence-corrected chi connectivity index (χ0v) is 31.4. The van der Waals surface area contributed by atoms with Crippen LogP contribution in [0.25, 0.3) is 110 Å². The first kappa shape index (κ1) is 32.4. The zero-order chi connectivity index (χ0) is 38.2. The van der Waals surface area contributed by atoms with E-state index >= 15 is 0 Å². The van der Waals surface area contributed by atoms with Gasteiger partial charge in [-0.05, 0) is 93.7 Å². The third-order valence-corrected chi connectivity index (χ3v) is 11.7. The molecule has 4 heteroatoms. The summed E-state index contributed by atoms with van der Waals surface area (Å²) in [4.78, 5) is 10.8. The number of nitrogens with zero attached hydrogens (tertiary/aromatic N) is 4. The Labute approximate surface area is 334 Å². The highest BCUT2D eigenvalue weighted by Gasteiger charge is 2.20. The zero-order valence-electron chi connectivity index (χ0n) is 31.4. The van der Waals surface area contributed by atoms with E-state index in [0.717, 1.165) is 61.0 Å². The molecular weight excluding hydrogens is 705 g/mol. The lowest BCUT2D eigenvalue weighted by molar-refractivity contribution is 1.01. The van der Waals surface area contributed by atoms with Crippen LogP contribution >= 0.6 is 0 Å². The van der Waals surface area contributed by atoms with Crippen LogP contribution in [0.1, 0.15) is 0 Å². The Morgan fingerprint density at radius 2 is 0.879 bits per heavy atom. The number of benzene rings is 9. The first-order valence-corrected chi connectivity index (χ1v) is 19.7. The molecule has 0 atom stereocenters.